The van der Waals surface area contributed by atoms with Crippen LogP contribution in [-0.4, -0.2) is 26.0 Å². The quantitative estimate of drug-likeness (QED) is 0.821. The lowest BCUT2D eigenvalue weighted by Crippen LogP contribution is -2.26. The summed E-state index contributed by atoms with van der Waals surface area (Å²) in [7, 11) is -4.02. The molecule has 1 aromatic carbocycles. The number of benzene rings is 1. The molecule has 0 atom stereocenters. The van der Waals surface area contributed by atoms with Crippen molar-refractivity contribution in [2.45, 2.75) is 11.3 Å². The largest absolute Gasteiger partial charge is 0.481 e. The van der Waals surface area contributed by atoms with Crippen LogP contribution in [0.5, 0.6) is 0 Å². The summed E-state index contributed by atoms with van der Waals surface area (Å²) in [4.78, 5) is 9.72. The van der Waals surface area contributed by atoms with Crippen molar-refractivity contribution in [1.82, 2.24) is 4.72 Å². The fourth-order valence-electron chi connectivity index (χ4n) is 1.02. The van der Waals surface area contributed by atoms with Crippen molar-refractivity contribution in [3.05, 3.63) is 29.8 Å². The Bertz CT molecular complexity index is 530. The van der Waals surface area contributed by atoms with Crippen LogP contribution in [0, 0.1) is 11.6 Å². The number of hydrogen-bond acceptors (Lipinski definition) is 3. The van der Waals surface area contributed by atoms with Gasteiger partial charge in [0, 0.05) is 6.54 Å². The van der Waals surface area contributed by atoms with Crippen LogP contribution in [0.2, 0.25) is 0 Å². The standard InChI is InChI=1S/C9H9F2NO4S/c10-7-2-1-6(5-8(7)11)17(15,16)12-4-3-9(13)14/h1-2,5,12H,3-4H2,(H,13,14). The molecule has 2 N–H and O–H groups in total. The summed E-state index contributed by atoms with van der Waals surface area (Å²) in [5.41, 5.74) is 0. The lowest BCUT2D eigenvalue weighted by Gasteiger charge is -2.05. The van der Waals surface area contributed by atoms with E-state index in [1.807, 2.05) is 4.72 Å². The lowest BCUT2D eigenvalue weighted by molar-refractivity contribution is -0.136. The molecule has 0 heterocycles. The zero-order valence-corrected chi connectivity index (χ0v) is 9.30. The van der Waals surface area contributed by atoms with E-state index in [-0.39, 0.29) is 6.54 Å². The van der Waals surface area contributed by atoms with Gasteiger partial charge in [-0.1, -0.05) is 0 Å². The molecular formula is C9H9F2NO4S. The first kappa shape index (κ1) is 13.5. The Kier molecular flexibility index (Phi) is 4.13. The molecule has 5 nitrogen and oxygen atoms in total. The van der Waals surface area contributed by atoms with Gasteiger partial charge in [0.1, 0.15) is 0 Å². The molecule has 0 fully saturated rings. The van der Waals surface area contributed by atoms with E-state index in [0.717, 1.165) is 6.07 Å². The minimum absolute atomic E-state index is 0.323. The molecule has 0 aliphatic carbocycles. The third-order valence-corrected chi connectivity index (χ3v) is 3.29. The van der Waals surface area contributed by atoms with Crippen molar-refractivity contribution < 1.29 is 27.1 Å². The first-order chi connectivity index (χ1) is 7.83. The first-order valence-electron chi connectivity index (χ1n) is 4.49. The van der Waals surface area contributed by atoms with E-state index in [1.54, 1.807) is 0 Å². The van der Waals surface area contributed by atoms with Gasteiger partial charge >= 0.3 is 5.97 Å². The van der Waals surface area contributed by atoms with E-state index in [1.165, 1.54) is 0 Å². The Balaban J connectivity index is 2.82. The van der Waals surface area contributed by atoms with E-state index in [2.05, 4.69) is 0 Å². The minimum atomic E-state index is -4.02. The van der Waals surface area contributed by atoms with Gasteiger partial charge in [-0.3, -0.25) is 4.79 Å². The minimum Gasteiger partial charge on any atom is -0.481 e. The average Bonchev–Trinajstić information content (AvgIpc) is 2.21. The second-order valence-corrected chi connectivity index (χ2v) is 4.88. The van der Waals surface area contributed by atoms with E-state index in [0.29, 0.717) is 12.1 Å². The summed E-state index contributed by atoms with van der Waals surface area (Å²) in [6.07, 6.45) is -0.400. The van der Waals surface area contributed by atoms with Gasteiger partial charge in [0.15, 0.2) is 11.6 Å². The maximum Gasteiger partial charge on any atom is 0.304 e. The van der Waals surface area contributed by atoms with Crippen LogP contribution in [-0.2, 0) is 14.8 Å². The molecule has 0 amide bonds. The Morgan fingerprint density at radius 3 is 2.47 bits per heavy atom. The van der Waals surface area contributed by atoms with Gasteiger partial charge < -0.3 is 5.11 Å². The molecule has 0 unspecified atom stereocenters. The number of carboxylic acid groups (broad SMARTS) is 1. The molecule has 0 bridgehead atoms. The van der Waals surface area contributed by atoms with Gasteiger partial charge in [0.05, 0.1) is 11.3 Å². The molecule has 8 heteroatoms. The predicted octanol–water partition coefficient (Wildman–Crippen LogP) is 0.718. The topological polar surface area (TPSA) is 83.5 Å². The summed E-state index contributed by atoms with van der Waals surface area (Å²) in [6, 6.07) is 2.10. The van der Waals surface area contributed by atoms with E-state index >= 15 is 0 Å². The van der Waals surface area contributed by atoms with Crippen molar-refractivity contribution in [1.29, 1.82) is 0 Å². The van der Waals surface area contributed by atoms with E-state index in [9.17, 15) is 22.0 Å². The number of sulfonamides is 1. The second-order valence-electron chi connectivity index (χ2n) is 3.12. The van der Waals surface area contributed by atoms with E-state index in [4.69, 9.17) is 5.11 Å². The molecule has 0 aliphatic heterocycles. The number of hydrogen-bond donors (Lipinski definition) is 2. The summed E-state index contributed by atoms with van der Waals surface area (Å²) in [5.74, 6) is -3.61. The van der Waals surface area contributed by atoms with Crippen LogP contribution in [0.4, 0.5) is 8.78 Å². The molecule has 1 aromatic rings. The number of carbonyl (C=O) groups is 1. The molecule has 94 valence electrons. The van der Waals surface area contributed by atoms with Crippen molar-refractivity contribution in [2.24, 2.45) is 0 Å². The van der Waals surface area contributed by atoms with Crippen molar-refractivity contribution in [2.75, 3.05) is 6.54 Å². The monoisotopic (exact) mass is 265 g/mol. The fourth-order valence-corrected chi connectivity index (χ4v) is 2.06. The van der Waals surface area contributed by atoms with Gasteiger partial charge in [0.25, 0.3) is 0 Å². The van der Waals surface area contributed by atoms with Crippen LogP contribution in [0.25, 0.3) is 0 Å². The SMILES string of the molecule is O=C(O)CCNS(=O)(=O)c1ccc(F)c(F)c1. The molecule has 0 aliphatic rings. The molecule has 17 heavy (non-hydrogen) atoms. The Morgan fingerprint density at radius 1 is 1.29 bits per heavy atom. The summed E-state index contributed by atoms with van der Waals surface area (Å²) >= 11 is 0. The molecular weight excluding hydrogens is 256 g/mol. The highest BCUT2D eigenvalue weighted by atomic mass is 32.2. The van der Waals surface area contributed by atoms with Gasteiger partial charge in [0.2, 0.25) is 10.0 Å². The molecule has 0 radical (unpaired) electrons. The maximum absolute atomic E-state index is 12.8. The molecule has 0 spiro atoms. The molecule has 0 aromatic heterocycles. The van der Waals surface area contributed by atoms with Crippen LogP contribution in [0.15, 0.2) is 23.1 Å². The normalized spacial score (nSPS) is 11.4. The van der Waals surface area contributed by atoms with Crippen molar-refractivity contribution in [3.63, 3.8) is 0 Å². The first-order valence-corrected chi connectivity index (χ1v) is 5.98. The van der Waals surface area contributed by atoms with Crippen molar-refractivity contribution in [3.8, 4) is 0 Å². The zero-order chi connectivity index (χ0) is 13.1. The van der Waals surface area contributed by atoms with Gasteiger partial charge in [-0.2, -0.15) is 0 Å². The molecule has 0 saturated heterocycles. The third kappa shape index (κ3) is 3.75. The smallest absolute Gasteiger partial charge is 0.304 e. The number of aliphatic carboxylic acids is 1. The zero-order valence-electron chi connectivity index (χ0n) is 8.48. The van der Waals surface area contributed by atoms with Crippen LogP contribution < -0.4 is 4.72 Å². The van der Waals surface area contributed by atoms with Crippen LogP contribution in [0.3, 0.4) is 0 Å². The highest BCUT2D eigenvalue weighted by molar-refractivity contribution is 7.89. The second kappa shape index (κ2) is 5.19. The number of rotatable bonds is 5. The van der Waals surface area contributed by atoms with Gasteiger partial charge in [-0.25, -0.2) is 21.9 Å². The Hall–Kier alpha value is -1.54. The number of halogens is 2. The molecule has 0 saturated carbocycles. The number of carboxylic acids is 1. The molecule has 1 rings (SSSR count). The van der Waals surface area contributed by atoms with Gasteiger partial charge in [-0.15, -0.1) is 0 Å². The van der Waals surface area contributed by atoms with E-state index < -0.39 is 38.9 Å². The number of nitrogens with one attached hydrogen (secondary N) is 1. The highest BCUT2D eigenvalue weighted by Gasteiger charge is 2.16. The third-order valence-electron chi connectivity index (χ3n) is 1.83. The Labute approximate surface area is 96.1 Å². The maximum atomic E-state index is 12.8. The lowest BCUT2D eigenvalue weighted by atomic mass is 10.3. The summed E-state index contributed by atoms with van der Waals surface area (Å²) in [5, 5.41) is 8.32. The summed E-state index contributed by atoms with van der Waals surface area (Å²) in [6.45, 7) is -0.323. The van der Waals surface area contributed by atoms with Crippen molar-refractivity contribution >= 4 is 16.0 Å². The Morgan fingerprint density at radius 2 is 1.94 bits per heavy atom. The summed E-state index contributed by atoms with van der Waals surface area (Å²) < 4.78 is 50.3. The average molecular weight is 265 g/mol. The predicted molar refractivity (Wildman–Crippen MR) is 53.8 cm³/mol. The van der Waals surface area contributed by atoms with Crippen LogP contribution in [0.1, 0.15) is 6.42 Å². The highest BCUT2D eigenvalue weighted by Crippen LogP contribution is 2.13. The van der Waals surface area contributed by atoms with Gasteiger partial charge in [-0.05, 0) is 18.2 Å². The van der Waals surface area contributed by atoms with Crippen LogP contribution >= 0.6 is 0 Å². The fraction of sp³-hybridized carbons (Fsp3) is 0.222.